The summed E-state index contributed by atoms with van der Waals surface area (Å²) in [4.78, 5) is 2.54. The van der Waals surface area contributed by atoms with Crippen molar-refractivity contribution in [3.63, 3.8) is 0 Å². The van der Waals surface area contributed by atoms with Crippen LogP contribution in [0, 0.1) is 5.92 Å². The highest BCUT2D eigenvalue weighted by Gasteiger charge is 2.24. The molecule has 0 aromatic rings. The smallest absolute Gasteiger partial charge is 0.0602 e. The SMILES string of the molecule is C=C.CCN1CCC(OCCC(C)C)C[C@@H]1C. The van der Waals surface area contributed by atoms with Crippen molar-refractivity contribution in [1.82, 2.24) is 4.90 Å². The first-order valence-electron chi connectivity index (χ1n) is 6.99. The third-order valence-electron chi connectivity index (χ3n) is 3.42. The number of rotatable bonds is 5. The molecule has 2 nitrogen and oxygen atoms in total. The number of ether oxygens (including phenoxy) is 1. The van der Waals surface area contributed by atoms with E-state index in [0.29, 0.717) is 12.1 Å². The van der Waals surface area contributed by atoms with E-state index in [1.165, 1.54) is 32.4 Å². The molecule has 0 amide bonds. The molecule has 0 saturated carbocycles. The molecule has 1 aliphatic heterocycles. The zero-order valence-corrected chi connectivity index (χ0v) is 12.2. The van der Waals surface area contributed by atoms with E-state index in [9.17, 15) is 0 Å². The van der Waals surface area contributed by atoms with Gasteiger partial charge in [-0.1, -0.05) is 20.8 Å². The predicted molar refractivity (Wildman–Crippen MR) is 76.4 cm³/mol. The molecule has 1 aliphatic rings. The van der Waals surface area contributed by atoms with Crippen LogP contribution >= 0.6 is 0 Å². The lowest BCUT2D eigenvalue weighted by Gasteiger charge is -2.36. The van der Waals surface area contributed by atoms with E-state index >= 15 is 0 Å². The summed E-state index contributed by atoms with van der Waals surface area (Å²) in [5, 5.41) is 0. The summed E-state index contributed by atoms with van der Waals surface area (Å²) in [5.74, 6) is 0.762. The Morgan fingerprint density at radius 3 is 2.47 bits per heavy atom. The lowest BCUT2D eigenvalue weighted by atomic mass is 10.0. The van der Waals surface area contributed by atoms with Crippen LogP contribution in [0.3, 0.4) is 0 Å². The van der Waals surface area contributed by atoms with Crippen LogP contribution in [0.25, 0.3) is 0 Å². The van der Waals surface area contributed by atoms with Gasteiger partial charge in [0.1, 0.15) is 0 Å². The van der Waals surface area contributed by atoms with Crippen molar-refractivity contribution in [2.24, 2.45) is 5.92 Å². The van der Waals surface area contributed by atoms with Crippen molar-refractivity contribution < 1.29 is 4.74 Å². The maximum atomic E-state index is 5.93. The average molecular weight is 241 g/mol. The molecule has 0 aliphatic carbocycles. The fraction of sp³-hybridized carbons (Fsp3) is 0.867. The normalized spacial score (nSPS) is 25.5. The highest BCUT2D eigenvalue weighted by Crippen LogP contribution is 2.19. The van der Waals surface area contributed by atoms with Crippen LogP contribution in [0.1, 0.15) is 47.0 Å². The average Bonchev–Trinajstić information content (AvgIpc) is 2.31. The van der Waals surface area contributed by atoms with Gasteiger partial charge in [0.15, 0.2) is 0 Å². The standard InChI is InChI=1S/C13H27NO.C2H4/c1-5-14-8-6-13(10-12(14)4)15-9-7-11(2)3;1-2/h11-13H,5-10H2,1-4H3;1-2H2/t12-,13?;/m0./s1. The molecule has 0 aromatic carbocycles. The van der Waals surface area contributed by atoms with Gasteiger partial charge in [-0.3, -0.25) is 0 Å². The third kappa shape index (κ3) is 6.85. The van der Waals surface area contributed by atoms with Gasteiger partial charge in [-0.2, -0.15) is 0 Å². The molecule has 0 bridgehead atoms. The summed E-state index contributed by atoms with van der Waals surface area (Å²) in [5.41, 5.74) is 0. The van der Waals surface area contributed by atoms with Gasteiger partial charge in [-0.15, -0.1) is 13.2 Å². The fourth-order valence-corrected chi connectivity index (χ4v) is 2.27. The molecule has 1 saturated heterocycles. The number of nitrogens with zero attached hydrogens (tertiary/aromatic N) is 1. The van der Waals surface area contributed by atoms with Crippen molar-refractivity contribution in [2.75, 3.05) is 19.7 Å². The fourth-order valence-electron chi connectivity index (χ4n) is 2.27. The summed E-state index contributed by atoms with van der Waals surface area (Å²) < 4.78 is 5.93. The van der Waals surface area contributed by atoms with Crippen LogP contribution in [0.5, 0.6) is 0 Å². The van der Waals surface area contributed by atoms with Crippen LogP contribution in [-0.4, -0.2) is 36.7 Å². The van der Waals surface area contributed by atoms with Gasteiger partial charge >= 0.3 is 0 Å². The second-order valence-corrected chi connectivity index (χ2v) is 5.18. The molecule has 1 fully saturated rings. The zero-order chi connectivity index (χ0) is 13.3. The maximum absolute atomic E-state index is 5.93. The Kier molecular flexibility index (Phi) is 9.47. The van der Waals surface area contributed by atoms with Gasteiger partial charge < -0.3 is 9.64 Å². The molecule has 2 atom stereocenters. The van der Waals surface area contributed by atoms with E-state index in [1.807, 2.05) is 0 Å². The summed E-state index contributed by atoms with van der Waals surface area (Å²) in [6, 6.07) is 0.702. The Morgan fingerprint density at radius 1 is 1.35 bits per heavy atom. The molecular weight excluding hydrogens is 210 g/mol. The molecule has 0 N–H and O–H groups in total. The Balaban J connectivity index is 0.00000121. The molecule has 102 valence electrons. The Bertz CT molecular complexity index is 182. The molecule has 2 heteroatoms. The van der Waals surface area contributed by atoms with Gasteiger partial charge in [0, 0.05) is 19.2 Å². The van der Waals surface area contributed by atoms with Crippen LogP contribution < -0.4 is 0 Å². The maximum Gasteiger partial charge on any atom is 0.0602 e. The van der Waals surface area contributed by atoms with Crippen molar-refractivity contribution in [2.45, 2.75) is 59.1 Å². The second kappa shape index (κ2) is 9.67. The van der Waals surface area contributed by atoms with Crippen LogP contribution in [0.15, 0.2) is 13.2 Å². The Morgan fingerprint density at radius 2 is 2.00 bits per heavy atom. The van der Waals surface area contributed by atoms with Gasteiger partial charge in [0.25, 0.3) is 0 Å². The second-order valence-electron chi connectivity index (χ2n) is 5.18. The summed E-state index contributed by atoms with van der Waals surface area (Å²) in [6.07, 6.45) is 4.14. The van der Waals surface area contributed by atoms with Crippen LogP contribution in [0.2, 0.25) is 0 Å². The molecule has 0 radical (unpaired) electrons. The van der Waals surface area contributed by atoms with Gasteiger partial charge in [0.05, 0.1) is 6.10 Å². The van der Waals surface area contributed by atoms with Crippen molar-refractivity contribution in [3.05, 3.63) is 13.2 Å². The highest BCUT2D eigenvalue weighted by molar-refractivity contribution is 4.78. The highest BCUT2D eigenvalue weighted by atomic mass is 16.5. The van der Waals surface area contributed by atoms with Crippen molar-refractivity contribution in [3.8, 4) is 0 Å². The molecule has 17 heavy (non-hydrogen) atoms. The first-order valence-corrected chi connectivity index (χ1v) is 6.99. The summed E-state index contributed by atoms with van der Waals surface area (Å²) in [7, 11) is 0. The Labute approximate surface area is 108 Å². The molecule has 0 spiro atoms. The molecule has 1 unspecified atom stereocenters. The number of piperidine rings is 1. The van der Waals surface area contributed by atoms with E-state index in [0.717, 1.165) is 12.5 Å². The quantitative estimate of drug-likeness (QED) is 0.680. The van der Waals surface area contributed by atoms with E-state index in [2.05, 4.69) is 45.8 Å². The minimum absolute atomic E-state index is 0.515. The largest absolute Gasteiger partial charge is 0.378 e. The van der Waals surface area contributed by atoms with E-state index in [4.69, 9.17) is 4.74 Å². The van der Waals surface area contributed by atoms with Gasteiger partial charge in [-0.05, 0) is 38.6 Å². The number of likely N-dealkylation sites (tertiary alicyclic amines) is 1. The minimum atomic E-state index is 0.515. The topological polar surface area (TPSA) is 12.5 Å². The Hall–Kier alpha value is -0.340. The lowest BCUT2D eigenvalue weighted by Crippen LogP contribution is -2.43. The summed E-state index contributed by atoms with van der Waals surface area (Å²) >= 11 is 0. The predicted octanol–water partition coefficient (Wildman–Crippen LogP) is 3.72. The van der Waals surface area contributed by atoms with E-state index < -0.39 is 0 Å². The molecule has 1 rings (SSSR count). The first-order chi connectivity index (χ1) is 8.13. The van der Waals surface area contributed by atoms with E-state index in [1.54, 1.807) is 0 Å². The third-order valence-corrected chi connectivity index (χ3v) is 3.42. The lowest BCUT2D eigenvalue weighted by molar-refractivity contribution is -0.0137. The zero-order valence-electron chi connectivity index (χ0n) is 12.2. The monoisotopic (exact) mass is 241 g/mol. The molecular formula is C15H31NO. The molecule has 0 aromatic heterocycles. The summed E-state index contributed by atoms with van der Waals surface area (Å²) in [6.45, 7) is 18.4. The van der Waals surface area contributed by atoms with Crippen molar-refractivity contribution >= 4 is 0 Å². The van der Waals surface area contributed by atoms with Gasteiger partial charge in [0.2, 0.25) is 0 Å². The van der Waals surface area contributed by atoms with Crippen LogP contribution in [-0.2, 0) is 4.74 Å². The number of hydrogen-bond acceptors (Lipinski definition) is 2. The van der Waals surface area contributed by atoms with Gasteiger partial charge in [-0.25, -0.2) is 0 Å². The molecule has 1 heterocycles. The minimum Gasteiger partial charge on any atom is -0.378 e. The van der Waals surface area contributed by atoms with Crippen molar-refractivity contribution in [1.29, 1.82) is 0 Å². The van der Waals surface area contributed by atoms with Crippen LogP contribution in [0.4, 0.5) is 0 Å². The first kappa shape index (κ1) is 16.7. The number of hydrogen-bond donors (Lipinski definition) is 0. The van der Waals surface area contributed by atoms with E-state index in [-0.39, 0.29) is 0 Å².